The molecule has 0 fully saturated rings. The molecular weight excluding hydrogens is 387 g/mol. The number of aromatic nitrogens is 3. The highest BCUT2D eigenvalue weighted by atomic mass is 19.4. The van der Waals surface area contributed by atoms with E-state index < -0.39 is 17.3 Å². The molecule has 2 rings (SSSR count). The number of nitrogens with one attached hydrogen (secondary N) is 1. The van der Waals surface area contributed by atoms with E-state index >= 15 is 0 Å². The number of alkyl halides is 3. The van der Waals surface area contributed by atoms with Crippen LogP contribution in [0.3, 0.4) is 0 Å². The SMILES string of the molecule is CCC(CN(C)CC)Nc1nnc(-c2ccc(C(F)(F)F)cc2OC)n(C)c1=O.[HH]. The van der Waals surface area contributed by atoms with E-state index in [1.165, 1.54) is 24.8 Å². The molecule has 0 saturated heterocycles. The fourth-order valence-corrected chi connectivity index (χ4v) is 2.82. The summed E-state index contributed by atoms with van der Waals surface area (Å²) < 4.78 is 45.2. The van der Waals surface area contributed by atoms with Gasteiger partial charge >= 0.3 is 6.18 Å². The van der Waals surface area contributed by atoms with Gasteiger partial charge in [-0.3, -0.25) is 9.36 Å². The standard InChI is InChI=1S/C19H26F3N5O2.H2/c1-6-13(11-26(3)7-2)23-16-18(28)27(4)17(25-24-16)14-9-8-12(19(20,21)22)10-15(14)29-5;/h8-10,13H,6-7,11H2,1-5H3,(H,23,24);1H. The summed E-state index contributed by atoms with van der Waals surface area (Å²) in [6.45, 7) is 5.64. The van der Waals surface area contributed by atoms with Crippen LogP contribution in [0.25, 0.3) is 11.4 Å². The molecule has 0 aliphatic rings. The predicted molar refractivity (Wildman–Crippen MR) is 107 cm³/mol. The van der Waals surface area contributed by atoms with Crippen LogP contribution in [0.5, 0.6) is 5.75 Å². The Morgan fingerprint density at radius 3 is 2.55 bits per heavy atom. The van der Waals surface area contributed by atoms with Crippen molar-refractivity contribution in [3.8, 4) is 17.1 Å². The third-order valence-electron chi connectivity index (χ3n) is 4.74. The molecule has 1 aromatic carbocycles. The summed E-state index contributed by atoms with van der Waals surface area (Å²) in [5.41, 5.74) is -1.02. The number of hydrogen-bond donors (Lipinski definition) is 1. The largest absolute Gasteiger partial charge is 0.496 e. The number of halogens is 3. The Balaban J connectivity index is 0.00000450. The van der Waals surface area contributed by atoms with Crippen LogP contribution in [-0.4, -0.2) is 53.0 Å². The second kappa shape index (κ2) is 9.25. The summed E-state index contributed by atoms with van der Waals surface area (Å²) in [6, 6.07) is 3.03. The van der Waals surface area contributed by atoms with Gasteiger partial charge in [-0.15, -0.1) is 10.2 Å². The summed E-state index contributed by atoms with van der Waals surface area (Å²) in [5.74, 6) is 0.171. The molecule has 0 aliphatic carbocycles. The number of anilines is 1. The molecule has 0 aliphatic heterocycles. The van der Waals surface area contributed by atoms with Crippen molar-refractivity contribution in [2.45, 2.75) is 32.5 Å². The van der Waals surface area contributed by atoms with Crippen LogP contribution in [0.4, 0.5) is 19.0 Å². The molecule has 0 spiro atoms. The van der Waals surface area contributed by atoms with Gasteiger partial charge in [0.15, 0.2) is 5.82 Å². The van der Waals surface area contributed by atoms with Gasteiger partial charge in [0.05, 0.1) is 18.2 Å². The van der Waals surface area contributed by atoms with Gasteiger partial charge in [0, 0.05) is 21.1 Å². The Bertz CT molecular complexity index is 905. The van der Waals surface area contributed by atoms with Crippen molar-refractivity contribution in [1.29, 1.82) is 0 Å². The molecule has 1 atom stereocenters. The Hall–Kier alpha value is -2.62. The number of ether oxygens (including phenoxy) is 1. The van der Waals surface area contributed by atoms with Gasteiger partial charge in [0.1, 0.15) is 5.75 Å². The van der Waals surface area contributed by atoms with Gasteiger partial charge in [0.25, 0.3) is 5.56 Å². The minimum atomic E-state index is -4.50. The zero-order valence-corrected chi connectivity index (χ0v) is 17.2. The zero-order chi connectivity index (χ0) is 21.8. The maximum atomic E-state index is 13.0. The van der Waals surface area contributed by atoms with E-state index in [1.807, 2.05) is 20.9 Å². The van der Waals surface area contributed by atoms with Gasteiger partial charge in [0.2, 0.25) is 5.82 Å². The monoisotopic (exact) mass is 415 g/mol. The summed E-state index contributed by atoms with van der Waals surface area (Å²) in [4.78, 5) is 14.9. The van der Waals surface area contributed by atoms with Crippen molar-refractivity contribution in [3.05, 3.63) is 34.1 Å². The van der Waals surface area contributed by atoms with Gasteiger partial charge in [-0.1, -0.05) is 13.8 Å². The predicted octanol–water partition coefficient (Wildman–Crippen LogP) is 3.26. The average molecular weight is 415 g/mol. The molecule has 1 heterocycles. The second-order valence-corrected chi connectivity index (χ2v) is 6.75. The quantitative estimate of drug-likeness (QED) is 0.714. The Labute approximate surface area is 169 Å². The molecule has 0 bridgehead atoms. The first-order chi connectivity index (χ1) is 13.6. The Kier molecular flexibility index (Phi) is 7.23. The molecular formula is C19H28F3N5O2. The first-order valence-corrected chi connectivity index (χ1v) is 9.26. The number of nitrogens with zero attached hydrogens (tertiary/aromatic N) is 4. The number of likely N-dealkylation sites (N-methyl/N-ethyl adjacent to an activating group) is 1. The fourth-order valence-electron chi connectivity index (χ4n) is 2.82. The topological polar surface area (TPSA) is 72.3 Å². The van der Waals surface area contributed by atoms with Crippen LogP contribution in [0.2, 0.25) is 0 Å². The number of benzene rings is 1. The lowest BCUT2D eigenvalue weighted by Gasteiger charge is -2.23. The summed E-state index contributed by atoms with van der Waals surface area (Å²) in [6.07, 6.45) is -3.72. The van der Waals surface area contributed by atoms with E-state index in [0.717, 1.165) is 31.6 Å². The van der Waals surface area contributed by atoms with Crippen LogP contribution in [0.15, 0.2) is 23.0 Å². The highest BCUT2D eigenvalue weighted by Crippen LogP contribution is 2.36. The van der Waals surface area contributed by atoms with E-state index in [0.29, 0.717) is 0 Å². The van der Waals surface area contributed by atoms with Crippen LogP contribution < -0.4 is 15.6 Å². The Morgan fingerprint density at radius 2 is 2.00 bits per heavy atom. The highest BCUT2D eigenvalue weighted by molar-refractivity contribution is 5.65. The number of hydrogen-bond acceptors (Lipinski definition) is 6. The van der Waals surface area contributed by atoms with Crippen LogP contribution >= 0.6 is 0 Å². The first kappa shape index (κ1) is 22.7. The molecule has 1 N–H and O–H groups in total. The van der Waals surface area contributed by atoms with Crippen LogP contribution in [-0.2, 0) is 13.2 Å². The zero-order valence-electron chi connectivity index (χ0n) is 17.2. The van der Waals surface area contributed by atoms with Crippen LogP contribution in [0.1, 0.15) is 27.3 Å². The second-order valence-electron chi connectivity index (χ2n) is 6.75. The number of rotatable bonds is 8. The Morgan fingerprint density at radius 1 is 1.31 bits per heavy atom. The lowest BCUT2D eigenvalue weighted by atomic mass is 10.1. The molecule has 2 aromatic rings. The average Bonchev–Trinajstić information content (AvgIpc) is 2.69. The van der Waals surface area contributed by atoms with Crippen LogP contribution in [0, 0.1) is 0 Å². The minimum absolute atomic E-state index is 0. The normalized spacial score (nSPS) is 12.9. The lowest BCUT2D eigenvalue weighted by Crippen LogP contribution is -2.37. The highest BCUT2D eigenvalue weighted by Gasteiger charge is 2.31. The molecule has 1 aromatic heterocycles. The molecule has 162 valence electrons. The summed E-state index contributed by atoms with van der Waals surface area (Å²) >= 11 is 0. The molecule has 29 heavy (non-hydrogen) atoms. The molecule has 7 nitrogen and oxygen atoms in total. The molecule has 0 radical (unpaired) electrons. The van der Waals surface area contributed by atoms with Crippen molar-refractivity contribution in [3.63, 3.8) is 0 Å². The van der Waals surface area contributed by atoms with Gasteiger partial charge in [-0.25, -0.2) is 0 Å². The van der Waals surface area contributed by atoms with E-state index in [2.05, 4.69) is 20.4 Å². The molecule has 0 saturated carbocycles. The lowest BCUT2D eigenvalue weighted by molar-refractivity contribution is -0.137. The maximum Gasteiger partial charge on any atom is 0.416 e. The van der Waals surface area contributed by atoms with Gasteiger partial charge in [-0.05, 0) is 38.2 Å². The third kappa shape index (κ3) is 5.26. The van der Waals surface area contributed by atoms with Crippen molar-refractivity contribution < 1.29 is 19.3 Å². The van der Waals surface area contributed by atoms with E-state index in [-0.39, 0.29) is 30.4 Å². The molecule has 0 amide bonds. The van der Waals surface area contributed by atoms with E-state index in [9.17, 15) is 18.0 Å². The van der Waals surface area contributed by atoms with Crippen molar-refractivity contribution in [1.82, 2.24) is 19.7 Å². The maximum absolute atomic E-state index is 13.0. The van der Waals surface area contributed by atoms with Gasteiger partial charge < -0.3 is 15.0 Å². The van der Waals surface area contributed by atoms with E-state index in [4.69, 9.17) is 4.74 Å². The van der Waals surface area contributed by atoms with Gasteiger partial charge in [-0.2, -0.15) is 13.2 Å². The number of methoxy groups -OCH3 is 1. The minimum Gasteiger partial charge on any atom is -0.496 e. The molecule has 1 unspecified atom stereocenters. The smallest absolute Gasteiger partial charge is 0.416 e. The third-order valence-corrected chi connectivity index (χ3v) is 4.74. The fraction of sp³-hybridized carbons (Fsp3) is 0.526. The van der Waals surface area contributed by atoms with Crippen molar-refractivity contribution in [2.24, 2.45) is 7.05 Å². The summed E-state index contributed by atoms with van der Waals surface area (Å²) in [5, 5.41) is 11.2. The van der Waals surface area contributed by atoms with Crippen molar-refractivity contribution >= 4 is 5.82 Å². The molecule has 10 heteroatoms. The van der Waals surface area contributed by atoms with Crippen molar-refractivity contribution in [2.75, 3.05) is 32.6 Å². The first-order valence-electron chi connectivity index (χ1n) is 9.26. The van der Waals surface area contributed by atoms with E-state index in [1.54, 1.807) is 0 Å². The summed E-state index contributed by atoms with van der Waals surface area (Å²) in [7, 11) is 4.73.